The number of nitrogens with zero attached hydrogens (tertiary/aromatic N) is 1. The molecule has 2 aromatic rings. The van der Waals surface area contributed by atoms with Crippen LogP contribution in [0.2, 0.25) is 0 Å². The summed E-state index contributed by atoms with van der Waals surface area (Å²) in [5.74, 6) is -2.01. The number of Topliss-reactive ketones (excluding diaryl/α,β-unsaturated/α-hetero) is 1. The van der Waals surface area contributed by atoms with Crippen molar-refractivity contribution in [3.63, 3.8) is 0 Å². The van der Waals surface area contributed by atoms with E-state index in [0.29, 0.717) is 5.92 Å². The Morgan fingerprint density at radius 1 is 1.10 bits per heavy atom. The first-order chi connectivity index (χ1) is 18.6. The zero-order chi connectivity index (χ0) is 28.5. The van der Waals surface area contributed by atoms with Crippen LogP contribution in [-0.2, 0) is 19.1 Å². The molecule has 1 aliphatic rings. The number of esters is 2. The van der Waals surface area contributed by atoms with Gasteiger partial charge in [-0.2, -0.15) is 0 Å². The number of halogens is 1. The Balaban J connectivity index is 1.73. The number of benzene rings is 1. The third kappa shape index (κ3) is 8.00. The van der Waals surface area contributed by atoms with Crippen molar-refractivity contribution in [2.45, 2.75) is 78.2 Å². The molecule has 0 bridgehead atoms. The topological polar surface area (TPSA) is 101 Å². The molecule has 1 fully saturated rings. The van der Waals surface area contributed by atoms with E-state index in [0.717, 1.165) is 36.8 Å². The van der Waals surface area contributed by atoms with Crippen LogP contribution in [0.25, 0.3) is 0 Å². The van der Waals surface area contributed by atoms with Crippen LogP contribution in [0.3, 0.4) is 0 Å². The van der Waals surface area contributed by atoms with Crippen LogP contribution in [-0.4, -0.2) is 42.7 Å². The molecule has 1 aromatic carbocycles. The lowest BCUT2D eigenvalue weighted by molar-refractivity contribution is -0.154. The number of hydrogen-bond acceptors (Lipinski definition) is 8. The van der Waals surface area contributed by atoms with Gasteiger partial charge in [0.2, 0.25) is 6.79 Å². The summed E-state index contributed by atoms with van der Waals surface area (Å²) in [5.41, 5.74) is 1.79. The second-order valence-electron chi connectivity index (χ2n) is 10.2. The summed E-state index contributed by atoms with van der Waals surface area (Å²) in [6, 6.07) is 6.29. The van der Waals surface area contributed by atoms with Crippen molar-refractivity contribution >= 4 is 17.7 Å². The number of aromatic nitrogens is 1. The maximum atomic E-state index is 13.9. The first-order valence-electron chi connectivity index (χ1n) is 13.4. The minimum atomic E-state index is -0.754. The van der Waals surface area contributed by atoms with E-state index in [2.05, 4.69) is 4.98 Å². The van der Waals surface area contributed by atoms with Crippen molar-refractivity contribution in [3.8, 4) is 11.5 Å². The fourth-order valence-corrected chi connectivity index (χ4v) is 5.33. The molecule has 8 nitrogen and oxygen atoms in total. The third-order valence-corrected chi connectivity index (χ3v) is 7.27. The molecule has 0 spiro atoms. The molecule has 1 saturated carbocycles. The van der Waals surface area contributed by atoms with Crippen LogP contribution < -0.4 is 9.47 Å². The predicted octanol–water partition coefficient (Wildman–Crippen LogP) is 5.94. The SMILES string of the molecule is COc1ccnc(C(=O)C[C@@H](C)C(=O)O[C@H](C)[C@H](c2ccc(F)cc2C)C2CCCCC2)c1OCOC(C)=O. The van der Waals surface area contributed by atoms with Gasteiger partial charge in [-0.15, -0.1) is 0 Å². The second kappa shape index (κ2) is 14.1. The number of ketones is 1. The fourth-order valence-electron chi connectivity index (χ4n) is 5.33. The Labute approximate surface area is 229 Å². The van der Waals surface area contributed by atoms with Crippen LogP contribution in [0.15, 0.2) is 30.5 Å². The summed E-state index contributed by atoms with van der Waals surface area (Å²) in [6.45, 7) is 6.20. The minimum Gasteiger partial charge on any atom is -0.493 e. The Morgan fingerprint density at radius 3 is 2.46 bits per heavy atom. The molecule has 0 saturated heterocycles. The number of carbonyl (C=O) groups is 3. The first kappa shape index (κ1) is 30.1. The van der Waals surface area contributed by atoms with E-state index in [1.165, 1.54) is 44.9 Å². The number of pyridine rings is 1. The lowest BCUT2D eigenvalue weighted by atomic mass is 9.73. The monoisotopic (exact) mass is 543 g/mol. The Morgan fingerprint density at radius 2 is 1.82 bits per heavy atom. The molecular formula is C30H38FNO7. The lowest BCUT2D eigenvalue weighted by Crippen LogP contribution is -2.32. The van der Waals surface area contributed by atoms with E-state index in [1.54, 1.807) is 13.0 Å². The van der Waals surface area contributed by atoms with Crippen LogP contribution in [0.5, 0.6) is 11.5 Å². The zero-order valence-corrected chi connectivity index (χ0v) is 23.3. The zero-order valence-electron chi connectivity index (χ0n) is 23.3. The van der Waals surface area contributed by atoms with Gasteiger partial charge in [0, 0.05) is 31.5 Å². The molecule has 1 aliphatic carbocycles. The van der Waals surface area contributed by atoms with Crippen LogP contribution >= 0.6 is 0 Å². The maximum absolute atomic E-state index is 13.9. The van der Waals surface area contributed by atoms with E-state index in [4.69, 9.17) is 18.9 Å². The molecule has 0 aliphatic heterocycles. The standard InChI is InChI=1S/C30H38FNO7/c1-18-15-23(31)11-12-24(18)27(22-9-7-6-8-10-22)20(3)39-30(35)19(2)16-25(34)28-29(38-17-37-21(4)33)26(36-5)13-14-32-28/h11-15,19-20,22,27H,6-10,16-17H2,1-5H3/t19-,20-,27+/m1/s1. The average molecular weight is 544 g/mol. The number of methoxy groups -OCH3 is 1. The Kier molecular flexibility index (Phi) is 10.8. The summed E-state index contributed by atoms with van der Waals surface area (Å²) < 4.78 is 35.4. The molecule has 212 valence electrons. The van der Waals surface area contributed by atoms with Gasteiger partial charge in [-0.1, -0.05) is 32.3 Å². The molecular weight excluding hydrogens is 505 g/mol. The van der Waals surface area contributed by atoms with Crippen molar-refractivity contribution in [1.29, 1.82) is 0 Å². The smallest absolute Gasteiger partial charge is 0.309 e. The molecule has 0 radical (unpaired) electrons. The van der Waals surface area contributed by atoms with E-state index < -0.39 is 36.5 Å². The average Bonchev–Trinajstić information content (AvgIpc) is 2.90. The van der Waals surface area contributed by atoms with Crippen molar-refractivity contribution < 1.29 is 37.7 Å². The van der Waals surface area contributed by atoms with Gasteiger partial charge in [0.1, 0.15) is 11.9 Å². The fraction of sp³-hybridized carbons (Fsp3) is 0.533. The van der Waals surface area contributed by atoms with Gasteiger partial charge in [0.15, 0.2) is 23.0 Å². The second-order valence-corrected chi connectivity index (χ2v) is 10.2. The molecule has 1 heterocycles. The quantitative estimate of drug-likeness (QED) is 0.184. The first-order valence-corrected chi connectivity index (χ1v) is 13.4. The van der Waals surface area contributed by atoms with Gasteiger partial charge < -0.3 is 18.9 Å². The highest BCUT2D eigenvalue weighted by atomic mass is 19.1. The largest absolute Gasteiger partial charge is 0.493 e. The number of carbonyl (C=O) groups excluding carboxylic acids is 3. The molecule has 0 amide bonds. The summed E-state index contributed by atoms with van der Waals surface area (Å²) in [7, 11) is 1.41. The highest BCUT2D eigenvalue weighted by Gasteiger charge is 2.34. The lowest BCUT2D eigenvalue weighted by Gasteiger charge is -2.35. The highest BCUT2D eigenvalue weighted by molar-refractivity contribution is 5.99. The summed E-state index contributed by atoms with van der Waals surface area (Å²) >= 11 is 0. The molecule has 9 heteroatoms. The van der Waals surface area contributed by atoms with E-state index >= 15 is 0 Å². The van der Waals surface area contributed by atoms with Gasteiger partial charge in [-0.25, -0.2) is 9.37 Å². The van der Waals surface area contributed by atoms with Crippen LogP contribution in [0, 0.1) is 24.6 Å². The van der Waals surface area contributed by atoms with Gasteiger partial charge >= 0.3 is 11.9 Å². The number of ether oxygens (including phenoxy) is 4. The molecule has 0 unspecified atom stereocenters. The molecule has 3 rings (SSSR count). The number of aryl methyl sites for hydroxylation is 1. The molecule has 3 atom stereocenters. The van der Waals surface area contributed by atoms with E-state index in [-0.39, 0.29) is 35.3 Å². The molecule has 1 aromatic heterocycles. The maximum Gasteiger partial charge on any atom is 0.309 e. The van der Waals surface area contributed by atoms with Gasteiger partial charge in [-0.05, 0) is 55.9 Å². The Bertz CT molecular complexity index is 1160. The summed E-state index contributed by atoms with van der Waals surface area (Å²) in [5, 5.41) is 0. The van der Waals surface area contributed by atoms with Crippen molar-refractivity contribution in [2.75, 3.05) is 13.9 Å². The normalized spacial score (nSPS) is 16.1. The predicted molar refractivity (Wildman–Crippen MR) is 142 cm³/mol. The highest BCUT2D eigenvalue weighted by Crippen LogP contribution is 2.41. The number of rotatable bonds is 12. The van der Waals surface area contributed by atoms with Crippen LogP contribution in [0.4, 0.5) is 4.39 Å². The van der Waals surface area contributed by atoms with E-state index in [1.807, 2.05) is 13.8 Å². The van der Waals surface area contributed by atoms with Crippen LogP contribution in [0.1, 0.15) is 86.8 Å². The third-order valence-electron chi connectivity index (χ3n) is 7.27. The number of hydrogen-bond donors (Lipinski definition) is 0. The molecule has 39 heavy (non-hydrogen) atoms. The Hall–Kier alpha value is -3.49. The minimum absolute atomic E-state index is 0.0313. The van der Waals surface area contributed by atoms with Gasteiger partial charge in [-0.3, -0.25) is 14.4 Å². The van der Waals surface area contributed by atoms with Crippen molar-refractivity contribution in [2.24, 2.45) is 11.8 Å². The van der Waals surface area contributed by atoms with Crippen molar-refractivity contribution in [3.05, 3.63) is 53.1 Å². The summed E-state index contributed by atoms with van der Waals surface area (Å²) in [4.78, 5) is 41.6. The van der Waals surface area contributed by atoms with Gasteiger partial charge in [0.05, 0.1) is 13.0 Å². The summed E-state index contributed by atoms with van der Waals surface area (Å²) in [6.07, 6.45) is 6.23. The van der Waals surface area contributed by atoms with Gasteiger partial charge in [0.25, 0.3) is 0 Å². The molecule has 0 N–H and O–H groups in total. The van der Waals surface area contributed by atoms with Crippen molar-refractivity contribution in [1.82, 2.24) is 4.98 Å². The van der Waals surface area contributed by atoms with E-state index in [9.17, 15) is 18.8 Å².